The van der Waals surface area contributed by atoms with E-state index in [1.54, 1.807) is 0 Å². The van der Waals surface area contributed by atoms with Crippen molar-refractivity contribution >= 4 is 18.0 Å². The summed E-state index contributed by atoms with van der Waals surface area (Å²) in [6, 6.07) is 16.3. The highest BCUT2D eigenvalue weighted by atomic mass is 16.5. The number of amides is 2. The summed E-state index contributed by atoms with van der Waals surface area (Å²) < 4.78 is 10.9. The Balaban J connectivity index is 1.21. The molecule has 1 aliphatic carbocycles. The highest BCUT2D eigenvalue weighted by Gasteiger charge is 2.41. The summed E-state index contributed by atoms with van der Waals surface area (Å²) in [6.45, 7) is 3.03. The molecule has 2 amide bonds. The molecule has 3 N–H and O–H groups in total. The molecule has 8 heteroatoms. The Kier molecular flexibility index (Phi) is 7.70. The van der Waals surface area contributed by atoms with E-state index in [2.05, 4.69) is 34.9 Å². The van der Waals surface area contributed by atoms with Crippen LogP contribution in [0, 0.1) is 11.3 Å². The molecule has 1 saturated heterocycles. The second-order valence-corrected chi connectivity index (χ2v) is 9.53. The topological polar surface area (TPSA) is 114 Å². The number of hydrogen-bond donors (Lipinski definition) is 3. The van der Waals surface area contributed by atoms with Gasteiger partial charge in [0.05, 0.1) is 6.61 Å². The lowest BCUT2D eigenvalue weighted by Gasteiger charge is -2.33. The number of nitrogens with one attached hydrogen (secondary N) is 2. The zero-order valence-corrected chi connectivity index (χ0v) is 19.9. The maximum absolute atomic E-state index is 12.4. The molecular formula is C27H32N2O6. The van der Waals surface area contributed by atoms with Crippen LogP contribution in [0.1, 0.15) is 43.2 Å². The van der Waals surface area contributed by atoms with Crippen molar-refractivity contribution in [1.29, 1.82) is 0 Å². The number of carboxylic acid groups (broad SMARTS) is 1. The molecule has 0 bridgehead atoms. The van der Waals surface area contributed by atoms with E-state index in [0.717, 1.165) is 11.1 Å². The van der Waals surface area contributed by atoms with Crippen LogP contribution in [-0.2, 0) is 19.1 Å². The smallest absolute Gasteiger partial charge is 0.407 e. The first kappa shape index (κ1) is 24.7. The summed E-state index contributed by atoms with van der Waals surface area (Å²) in [7, 11) is 0. The van der Waals surface area contributed by atoms with Crippen molar-refractivity contribution in [2.75, 3.05) is 32.9 Å². The fraction of sp³-hybridized carbons (Fsp3) is 0.444. The third-order valence-electron chi connectivity index (χ3n) is 6.87. The molecular weight excluding hydrogens is 448 g/mol. The molecule has 2 aliphatic rings. The Labute approximate surface area is 205 Å². The van der Waals surface area contributed by atoms with Gasteiger partial charge in [-0.25, -0.2) is 4.79 Å². The Bertz CT molecular complexity index is 1030. The first-order valence-corrected chi connectivity index (χ1v) is 12.1. The van der Waals surface area contributed by atoms with Gasteiger partial charge >= 0.3 is 12.1 Å². The van der Waals surface area contributed by atoms with Gasteiger partial charge in [0, 0.05) is 32.0 Å². The standard InChI is InChI=1S/C27H32N2O6/c1-18(13-24(30)29-16-27(25(31)32)11-6-12-34-17-27)14-28-26(33)35-15-23-21-9-4-2-7-19(21)20-8-3-5-10-22(20)23/h2-5,7-10,18,23H,6,11-17H2,1H3,(H,28,33)(H,29,30)(H,31,32). The lowest BCUT2D eigenvalue weighted by Crippen LogP contribution is -2.48. The highest BCUT2D eigenvalue weighted by molar-refractivity contribution is 5.80. The van der Waals surface area contributed by atoms with Gasteiger partial charge in [0.15, 0.2) is 0 Å². The fourth-order valence-corrected chi connectivity index (χ4v) is 4.87. The van der Waals surface area contributed by atoms with Crippen LogP contribution in [0.5, 0.6) is 0 Å². The predicted octanol–water partition coefficient (Wildman–Crippen LogP) is 3.55. The van der Waals surface area contributed by atoms with Crippen LogP contribution in [0.15, 0.2) is 48.5 Å². The Hall–Kier alpha value is -3.39. The highest BCUT2D eigenvalue weighted by Crippen LogP contribution is 2.44. The van der Waals surface area contributed by atoms with Crippen LogP contribution in [-0.4, -0.2) is 56.0 Å². The van der Waals surface area contributed by atoms with Gasteiger partial charge in [0.2, 0.25) is 5.91 Å². The van der Waals surface area contributed by atoms with Crippen LogP contribution in [0.2, 0.25) is 0 Å². The van der Waals surface area contributed by atoms with Crippen molar-refractivity contribution in [2.24, 2.45) is 11.3 Å². The largest absolute Gasteiger partial charge is 0.481 e. The number of fused-ring (bicyclic) bond motifs is 3. The molecule has 1 aliphatic heterocycles. The zero-order chi connectivity index (χ0) is 24.8. The molecule has 0 spiro atoms. The van der Waals surface area contributed by atoms with Crippen molar-refractivity contribution in [3.05, 3.63) is 59.7 Å². The van der Waals surface area contributed by atoms with E-state index < -0.39 is 17.5 Å². The predicted molar refractivity (Wildman–Crippen MR) is 130 cm³/mol. The Morgan fingerprint density at radius 1 is 1.09 bits per heavy atom. The number of hydrogen-bond acceptors (Lipinski definition) is 5. The van der Waals surface area contributed by atoms with Crippen LogP contribution >= 0.6 is 0 Å². The van der Waals surface area contributed by atoms with Crippen LogP contribution in [0.3, 0.4) is 0 Å². The van der Waals surface area contributed by atoms with Gasteiger partial charge in [0.25, 0.3) is 0 Å². The fourth-order valence-electron chi connectivity index (χ4n) is 4.87. The van der Waals surface area contributed by atoms with Crippen LogP contribution < -0.4 is 10.6 Å². The minimum atomic E-state index is -1.07. The SMILES string of the molecule is CC(CNC(=O)OCC1c2ccccc2-c2ccccc21)CC(=O)NCC1(C(=O)O)CCCOC1. The van der Waals surface area contributed by atoms with Crippen molar-refractivity contribution in [1.82, 2.24) is 10.6 Å². The van der Waals surface area contributed by atoms with Gasteiger partial charge < -0.3 is 25.2 Å². The molecule has 0 radical (unpaired) electrons. The molecule has 35 heavy (non-hydrogen) atoms. The number of ether oxygens (including phenoxy) is 2. The maximum Gasteiger partial charge on any atom is 0.407 e. The van der Waals surface area contributed by atoms with Gasteiger partial charge in [-0.1, -0.05) is 55.5 Å². The zero-order valence-electron chi connectivity index (χ0n) is 19.9. The molecule has 4 rings (SSSR count). The number of aliphatic carboxylic acids is 1. The van der Waals surface area contributed by atoms with E-state index in [-0.39, 0.29) is 50.5 Å². The molecule has 1 heterocycles. The van der Waals surface area contributed by atoms with Crippen molar-refractivity contribution in [3.63, 3.8) is 0 Å². The van der Waals surface area contributed by atoms with Crippen molar-refractivity contribution in [3.8, 4) is 11.1 Å². The molecule has 186 valence electrons. The molecule has 1 fully saturated rings. The van der Waals surface area contributed by atoms with E-state index in [1.807, 2.05) is 31.2 Å². The molecule has 0 aromatic heterocycles. The lowest BCUT2D eigenvalue weighted by molar-refractivity contribution is -0.157. The third kappa shape index (κ3) is 5.65. The summed E-state index contributed by atoms with van der Waals surface area (Å²) in [5, 5.41) is 15.0. The normalized spacial score (nSPS) is 19.8. The van der Waals surface area contributed by atoms with Crippen LogP contribution in [0.25, 0.3) is 11.1 Å². The minimum absolute atomic E-state index is 0.0123. The quantitative estimate of drug-likeness (QED) is 0.506. The monoisotopic (exact) mass is 480 g/mol. The summed E-state index contributed by atoms with van der Waals surface area (Å²) in [5.74, 6) is -1.36. The summed E-state index contributed by atoms with van der Waals surface area (Å²) in [6.07, 6.45) is 0.771. The average molecular weight is 481 g/mol. The molecule has 2 atom stereocenters. The van der Waals surface area contributed by atoms with Gasteiger partial charge in [-0.3, -0.25) is 9.59 Å². The van der Waals surface area contributed by atoms with Crippen molar-refractivity contribution < 1.29 is 29.0 Å². The van der Waals surface area contributed by atoms with Crippen molar-refractivity contribution in [2.45, 2.75) is 32.1 Å². The first-order valence-electron chi connectivity index (χ1n) is 12.1. The van der Waals surface area contributed by atoms with E-state index in [9.17, 15) is 19.5 Å². The lowest BCUT2D eigenvalue weighted by atomic mass is 9.82. The summed E-state index contributed by atoms with van der Waals surface area (Å²) in [5.41, 5.74) is 3.56. The number of carbonyl (C=O) groups excluding carboxylic acids is 2. The van der Waals surface area contributed by atoms with E-state index >= 15 is 0 Å². The third-order valence-corrected chi connectivity index (χ3v) is 6.87. The first-order chi connectivity index (χ1) is 16.9. The Morgan fingerprint density at radius 2 is 1.74 bits per heavy atom. The number of carboxylic acids is 1. The number of rotatable bonds is 9. The summed E-state index contributed by atoms with van der Waals surface area (Å²) >= 11 is 0. The number of carbonyl (C=O) groups is 3. The van der Waals surface area contributed by atoms with E-state index in [4.69, 9.17) is 9.47 Å². The second kappa shape index (κ2) is 10.9. The van der Waals surface area contributed by atoms with Gasteiger partial charge in [-0.2, -0.15) is 0 Å². The van der Waals surface area contributed by atoms with Gasteiger partial charge in [0.1, 0.15) is 12.0 Å². The van der Waals surface area contributed by atoms with E-state index in [0.29, 0.717) is 19.4 Å². The number of benzene rings is 2. The maximum atomic E-state index is 12.4. The molecule has 8 nitrogen and oxygen atoms in total. The van der Waals surface area contributed by atoms with Gasteiger partial charge in [-0.15, -0.1) is 0 Å². The van der Waals surface area contributed by atoms with Gasteiger partial charge in [-0.05, 0) is 41.0 Å². The van der Waals surface area contributed by atoms with E-state index in [1.165, 1.54) is 11.1 Å². The average Bonchev–Trinajstić information content (AvgIpc) is 3.19. The molecule has 2 aromatic rings. The summed E-state index contributed by atoms with van der Waals surface area (Å²) in [4.78, 5) is 36.4. The number of alkyl carbamates (subject to hydrolysis) is 1. The minimum Gasteiger partial charge on any atom is -0.481 e. The molecule has 2 unspecified atom stereocenters. The molecule has 2 aromatic carbocycles. The second-order valence-electron chi connectivity index (χ2n) is 9.53. The Morgan fingerprint density at radius 3 is 2.34 bits per heavy atom. The molecule has 0 saturated carbocycles. The van der Waals surface area contributed by atoms with Crippen LogP contribution in [0.4, 0.5) is 4.79 Å².